The molecule has 13 heavy (non-hydrogen) atoms. The first-order chi connectivity index (χ1) is 6.25. The van der Waals surface area contributed by atoms with Crippen molar-refractivity contribution in [3.8, 4) is 6.07 Å². The van der Waals surface area contributed by atoms with Crippen molar-refractivity contribution in [3.63, 3.8) is 0 Å². The van der Waals surface area contributed by atoms with E-state index in [0.29, 0.717) is 5.56 Å². The molecule has 0 aliphatic heterocycles. The van der Waals surface area contributed by atoms with Gasteiger partial charge in [0.1, 0.15) is 0 Å². The Labute approximate surface area is 74.9 Å². The van der Waals surface area contributed by atoms with Crippen LogP contribution in [0.4, 0.5) is 8.78 Å². The Balaban J connectivity index is 3.06. The number of rotatable bonds is 2. The molecule has 0 amide bonds. The number of benzene rings is 1. The molecule has 1 aromatic carbocycles. The van der Waals surface area contributed by atoms with Crippen molar-refractivity contribution in [2.24, 2.45) is 0 Å². The number of allylic oxidation sites excluding steroid dienone is 1. The first-order valence-corrected chi connectivity index (χ1v) is 3.69. The van der Waals surface area contributed by atoms with Crippen molar-refractivity contribution in [1.29, 1.82) is 5.26 Å². The van der Waals surface area contributed by atoms with Crippen molar-refractivity contribution in [2.75, 3.05) is 0 Å². The van der Waals surface area contributed by atoms with Gasteiger partial charge >= 0.3 is 0 Å². The maximum atomic E-state index is 12.3. The molecule has 66 valence electrons. The summed E-state index contributed by atoms with van der Waals surface area (Å²) in [5, 5.41) is 8.23. The highest BCUT2D eigenvalue weighted by atomic mass is 19.3. The van der Waals surface area contributed by atoms with Crippen molar-refractivity contribution in [2.45, 2.75) is 6.43 Å². The Bertz CT molecular complexity index is 350. The van der Waals surface area contributed by atoms with Gasteiger partial charge in [0.15, 0.2) is 0 Å². The normalized spacial score (nSPS) is 10.6. The summed E-state index contributed by atoms with van der Waals surface area (Å²) in [6, 6.07) is 7.86. The lowest BCUT2D eigenvalue weighted by atomic mass is 10.1. The van der Waals surface area contributed by atoms with Crippen molar-refractivity contribution < 1.29 is 8.78 Å². The second kappa shape index (κ2) is 4.36. The molecule has 0 aromatic heterocycles. The lowest BCUT2D eigenvalue weighted by molar-refractivity contribution is 0.151. The molecule has 1 aromatic rings. The summed E-state index contributed by atoms with van der Waals surface area (Å²) < 4.78 is 24.7. The predicted octanol–water partition coefficient (Wildman–Crippen LogP) is 3.16. The van der Waals surface area contributed by atoms with Gasteiger partial charge in [-0.05, 0) is 11.6 Å². The van der Waals surface area contributed by atoms with Crippen LogP contribution in [0.2, 0.25) is 0 Å². The molecule has 0 heterocycles. The van der Waals surface area contributed by atoms with Crippen LogP contribution in [-0.2, 0) is 0 Å². The largest absolute Gasteiger partial charge is 0.264 e. The number of nitriles is 1. The van der Waals surface area contributed by atoms with E-state index in [4.69, 9.17) is 5.26 Å². The predicted molar refractivity (Wildman–Crippen MR) is 46.0 cm³/mol. The van der Waals surface area contributed by atoms with Gasteiger partial charge in [-0.25, -0.2) is 8.78 Å². The van der Waals surface area contributed by atoms with E-state index in [9.17, 15) is 8.78 Å². The Morgan fingerprint density at radius 3 is 2.62 bits per heavy atom. The van der Waals surface area contributed by atoms with Crippen LogP contribution >= 0.6 is 0 Å². The van der Waals surface area contributed by atoms with Gasteiger partial charge in [0, 0.05) is 11.6 Å². The molecule has 0 aliphatic carbocycles. The van der Waals surface area contributed by atoms with Gasteiger partial charge in [0.2, 0.25) is 0 Å². The summed E-state index contributed by atoms with van der Waals surface area (Å²) in [4.78, 5) is 0. The number of alkyl halides is 2. The third-order valence-electron chi connectivity index (χ3n) is 1.57. The monoisotopic (exact) mass is 179 g/mol. The van der Waals surface area contributed by atoms with Gasteiger partial charge in [-0.2, -0.15) is 5.26 Å². The van der Waals surface area contributed by atoms with Crippen LogP contribution in [0.1, 0.15) is 17.6 Å². The zero-order chi connectivity index (χ0) is 9.68. The molecule has 0 fully saturated rings. The van der Waals surface area contributed by atoms with E-state index in [1.807, 2.05) is 0 Å². The van der Waals surface area contributed by atoms with E-state index < -0.39 is 6.43 Å². The van der Waals surface area contributed by atoms with Crippen molar-refractivity contribution in [3.05, 3.63) is 41.5 Å². The molecular weight excluding hydrogens is 172 g/mol. The zero-order valence-electron chi connectivity index (χ0n) is 6.74. The Morgan fingerprint density at radius 2 is 2.00 bits per heavy atom. The Hall–Kier alpha value is -1.69. The zero-order valence-corrected chi connectivity index (χ0v) is 6.74. The fourth-order valence-electron chi connectivity index (χ4n) is 0.988. The summed E-state index contributed by atoms with van der Waals surface area (Å²) in [6.07, 6.45) is 0.0578. The third kappa shape index (κ3) is 2.38. The second-order valence-electron chi connectivity index (χ2n) is 2.39. The molecule has 0 aliphatic rings. The van der Waals surface area contributed by atoms with Gasteiger partial charge in [-0.1, -0.05) is 24.3 Å². The molecule has 0 unspecified atom stereocenters. The Kier molecular flexibility index (Phi) is 3.15. The maximum absolute atomic E-state index is 12.3. The fourth-order valence-corrected chi connectivity index (χ4v) is 0.988. The summed E-state index contributed by atoms with van der Waals surface area (Å²) in [5.74, 6) is 0. The van der Waals surface area contributed by atoms with E-state index in [1.54, 1.807) is 24.3 Å². The van der Waals surface area contributed by atoms with Gasteiger partial charge in [0.05, 0.1) is 6.07 Å². The lowest BCUT2D eigenvalue weighted by Crippen LogP contribution is -1.87. The fraction of sp³-hybridized carbons (Fsp3) is 0.100. The van der Waals surface area contributed by atoms with Gasteiger partial charge in [-0.3, -0.25) is 0 Å². The van der Waals surface area contributed by atoms with Crippen molar-refractivity contribution >= 4 is 6.08 Å². The van der Waals surface area contributed by atoms with Crippen LogP contribution in [0, 0.1) is 11.3 Å². The molecule has 0 radical (unpaired) electrons. The van der Waals surface area contributed by atoms with Crippen LogP contribution in [0.5, 0.6) is 0 Å². The number of hydrogen-bond acceptors (Lipinski definition) is 1. The highest BCUT2D eigenvalue weighted by Crippen LogP contribution is 2.23. The first kappa shape index (κ1) is 9.40. The summed E-state index contributed by atoms with van der Waals surface area (Å²) in [7, 11) is 0. The average molecular weight is 179 g/mol. The van der Waals surface area contributed by atoms with Crippen molar-refractivity contribution in [1.82, 2.24) is 0 Å². The third-order valence-corrected chi connectivity index (χ3v) is 1.57. The molecule has 0 N–H and O–H groups in total. The van der Waals surface area contributed by atoms with E-state index >= 15 is 0 Å². The SMILES string of the molecule is N#CC=Cc1ccccc1C(F)F. The lowest BCUT2D eigenvalue weighted by Gasteiger charge is -2.02. The highest BCUT2D eigenvalue weighted by Gasteiger charge is 2.09. The minimum Gasteiger partial charge on any atom is -0.205 e. The molecule has 1 nitrogen and oxygen atoms in total. The summed E-state index contributed by atoms with van der Waals surface area (Å²) in [6.45, 7) is 0. The van der Waals surface area contributed by atoms with Crippen LogP contribution in [0.3, 0.4) is 0 Å². The second-order valence-corrected chi connectivity index (χ2v) is 2.39. The molecule has 3 heteroatoms. The maximum Gasteiger partial charge on any atom is 0.264 e. The van der Waals surface area contributed by atoms with Crippen LogP contribution in [-0.4, -0.2) is 0 Å². The van der Waals surface area contributed by atoms with Crippen LogP contribution < -0.4 is 0 Å². The van der Waals surface area contributed by atoms with E-state index in [-0.39, 0.29) is 5.56 Å². The topological polar surface area (TPSA) is 23.8 Å². The molecule has 0 saturated carbocycles. The van der Waals surface area contributed by atoms with E-state index in [2.05, 4.69) is 0 Å². The minimum absolute atomic E-state index is 0.0472. The average Bonchev–Trinajstić information content (AvgIpc) is 2.15. The molecular formula is C10H7F2N. The first-order valence-electron chi connectivity index (χ1n) is 3.69. The summed E-state index contributed by atoms with van der Waals surface area (Å²) in [5.41, 5.74) is 0.341. The number of hydrogen-bond donors (Lipinski definition) is 0. The molecule has 1 rings (SSSR count). The standard InChI is InChI=1S/C10H7F2N/c11-10(12)9-6-2-1-4-8(9)5-3-7-13/h1-6,10H. The summed E-state index contributed by atoms with van der Waals surface area (Å²) >= 11 is 0. The molecule has 0 atom stereocenters. The highest BCUT2D eigenvalue weighted by molar-refractivity contribution is 5.56. The van der Waals surface area contributed by atoms with Crippen LogP contribution in [0.15, 0.2) is 30.3 Å². The smallest absolute Gasteiger partial charge is 0.205 e. The molecule has 0 bridgehead atoms. The molecule has 0 saturated heterocycles. The van der Waals surface area contributed by atoms with Gasteiger partial charge in [0.25, 0.3) is 6.43 Å². The minimum atomic E-state index is -2.50. The van der Waals surface area contributed by atoms with Gasteiger partial charge in [-0.15, -0.1) is 0 Å². The Morgan fingerprint density at radius 1 is 1.31 bits per heavy atom. The quantitative estimate of drug-likeness (QED) is 0.639. The van der Waals surface area contributed by atoms with Crippen LogP contribution in [0.25, 0.3) is 6.08 Å². The number of halogens is 2. The molecule has 0 spiro atoms. The van der Waals surface area contributed by atoms with E-state index in [0.717, 1.165) is 0 Å². The van der Waals surface area contributed by atoms with E-state index in [1.165, 1.54) is 18.2 Å². The number of nitrogens with zero attached hydrogens (tertiary/aromatic N) is 1. The van der Waals surface area contributed by atoms with Gasteiger partial charge < -0.3 is 0 Å².